The third-order valence-electron chi connectivity index (χ3n) is 2.25. The smallest absolute Gasteiger partial charge is 0.211 e. The molecule has 0 atom stereocenters. The molecule has 0 saturated heterocycles. The molecule has 0 saturated carbocycles. The highest BCUT2D eigenvalue weighted by molar-refractivity contribution is 5.39. The predicted octanol–water partition coefficient (Wildman–Crippen LogP) is 2.87. The van der Waals surface area contributed by atoms with Crippen molar-refractivity contribution < 1.29 is 4.79 Å². The molecule has 0 bridgehead atoms. The van der Waals surface area contributed by atoms with Crippen LogP contribution in [0.2, 0.25) is 0 Å². The number of carbonyl (C=O) groups excluding carboxylic acids is 1. The van der Waals surface area contributed by atoms with Gasteiger partial charge in [-0.3, -0.25) is 0 Å². The zero-order valence-electron chi connectivity index (χ0n) is 9.09. The Morgan fingerprint density at radius 3 is 2.07 bits per heavy atom. The van der Waals surface area contributed by atoms with Crippen LogP contribution in [0.15, 0.2) is 23.2 Å². The molecular weight excluding hydrogens is 174 g/mol. The van der Waals surface area contributed by atoms with Crippen molar-refractivity contribution in [3.8, 4) is 0 Å². The Labute approximate surface area is 84.7 Å². The molecule has 0 aliphatic carbocycles. The predicted molar refractivity (Wildman–Crippen MR) is 57.1 cm³/mol. The molecule has 0 aliphatic rings. The minimum absolute atomic E-state index is 0.474. The standard InChI is InChI=1S/C12H15NO/c1-9-5-10(2)7-11(6-9)12(3,4)13-8-14/h5-7H,1-4H3. The van der Waals surface area contributed by atoms with Crippen molar-refractivity contribution in [1.29, 1.82) is 0 Å². The Morgan fingerprint density at radius 1 is 1.14 bits per heavy atom. The Morgan fingerprint density at radius 2 is 1.64 bits per heavy atom. The quantitative estimate of drug-likeness (QED) is 0.519. The summed E-state index contributed by atoms with van der Waals surface area (Å²) in [5.74, 6) is 0. The van der Waals surface area contributed by atoms with Gasteiger partial charge in [-0.15, -0.1) is 0 Å². The summed E-state index contributed by atoms with van der Waals surface area (Å²) in [7, 11) is 0. The highest BCUT2D eigenvalue weighted by Gasteiger charge is 2.19. The average molecular weight is 189 g/mol. The minimum atomic E-state index is -0.474. The highest BCUT2D eigenvalue weighted by atomic mass is 16.1. The van der Waals surface area contributed by atoms with E-state index in [9.17, 15) is 4.79 Å². The Balaban J connectivity index is 3.24. The molecule has 1 aromatic carbocycles. The molecule has 1 aromatic rings. The summed E-state index contributed by atoms with van der Waals surface area (Å²) in [5, 5.41) is 0. The molecule has 0 aromatic heterocycles. The number of benzene rings is 1. The summed E-state index contributed by atoms with van der Waals surface area (Å²) >= 11 is 0. The summed E-state index contributed by atoms with van der Waals surface area (Å²) in [6.07, 6.45) is 1.62. The maximum atomic E-state index is 10.3. The summed E-state index contributed by atoms with van der Waals surface area (Å²) < 4.78 is 0. The van der Waals surface area contributed by atoms with Gasteiger partial charge in [-0.2, -0.15) is 4.99 Å². The maximum Gasteiger partial charge on any atom is 0.235 e. The van der Waals surface area contributed by atoms with E-state index in [1.807, 2.05) is 39.8 Å². The van der Waals surface area contributed by atoms with Crippen LogP contribution < -0.4 is 0 Å². The van der Waals surface area contributed by atoms with Gasteiger partial charge in [-0.1, -0.05) is 29.3 Å². The number of isocyanates is 1. The fourth-order valence-corrected chi connectivity index (χ4v) is 1.51. The number of nitrogens with zero attached hydrogens (tertiary/aromatic N) is 1. The van der Waals surface area contributed by atoms with Gasteiger partial charge >= 0.3 is 0 Å². The Kier molecular flexibility index (Phi) is 2.87. The van der Waals surface area contributed by atoms with Crippen molar-refractivity contribution >= 4 is 6.08 Å². The van der Waals surface area contributed by atoms with Crippen LogP contribution in [0, 0.1) is 13.8 Å². The van der Waals surface area contributed by atoms with Crippen LogP contribution in [0.4, 0.5) is 0 Å². The zero-order valence-corrected chi connectivity index (χ0v) is 9.09. The molecule has 0 radical (unpaired) electrons. The molecule has 1 rings (SSSR count). The van der Waals surface area contributed by atoms with Gasteiger partial charge in [0, 0.05) is 0 Å². The molecule has 0 spiro atoms. The molecule has 2 nitrogen and oxygen atoms in total. The first-order valence-corrected chi connectivity index (χ1v) is 4.63. The molecule has 74 valence electrons. The minimum Gasteiger partial charge on any atom is -0.211 e. The van der Waals surface area contributed by atoms with Crippen molar-refractivity contribution in [3.05, 3.63) is 34.9 Å². The third kappa shape index (κ3) is 2.30. The first kappa shape index (κ1) is 10.7. The highest BCUT2D eigenvalue weighted by Crippen LogP contribution is 2.25. The van der Waals surface area contributed by atoms with Crippen LogP contribution in [0.3, 0.4) is 0 Å². The van der Waals surface area contributed by atoms with Crippen molar-refractivity contribution in [1.82, 2.24) is 0 Å². The number of hydrogen-bond acceptors (Lipinski definition) is 2. The lowest BCUT2D eigenvalue weighted by atomic mass is 9.92. The lowest BCUT2D eigenvalue weighted by Gasteiger charge is -2.19. The molecule has 0 fully saturated rings. The second kappa shape index (κ2) is 3.77. The van der Waals surface area contributed by atoms with Gasteiger partial charge in [-0.05, 0) is 33.3 Å². The maximum absolute atomic E-state index is 10.3. The molecule has 0 unspecified atom stereocenters. The molecule has 2 heteroatoms. The first-order valence-electron chi connectivity index (χ1n) is 4.63. The normalized spacial score (nSPS) is 10.9. The van der Waals surface area contributed by atoms with E-state index in [0.29, 0.717) is 0 Å². The van der Waals surface area contributed by atoms with Crippen molar-refractivity contribution in [3.63, 3.8) is 0 Å². The van der Waals surface area contributed by atoms with Crippen molar-refractivity contribution in [2.75, 3.05) is 0 Å². The molecule has 0 amide bonds. The first-order chi connectivity index (χ1) is 6.45. The van der Waals surface area contributed by atoms with Crippen LogP contribution >= 0.6 is 0 Å². The van der Waals surface area contributed by atoms with Crippen LogP contribution in [0.1, 0.15) is 30.5 Å². The number of aliphatic imine (C=N–C) groups is 1. The van der Waals surface area contributed by atoms with Gasteiger partial charge < -0.3 is 0 Å². The summed E-state index contributed by atoms with van der Waals surface area (Å²) in [5.41, 5.74) is 2.96. The monoisotopic (exact) mass is 189 g/mol. The van der Waals surface area contributed by atoms with Gasteiger partial charge in [0.1, 0.15) is 0 Å². The van der Waals surface area contributed by atoms with Crippen molar-refractivity contribution in [2.45, 2.75) is 33.2 Å². The second-order valence-corrected chi connectivity index (χ2v) is 4.14. The largest absolute Gasteiger partial charge is 0.235 e. The van der Waals surface area contributed by atoms with E-state index in [2.05, 4.69) is 11.1 Å². The fourth-order valence-electron chi connectivity index (χ4n) is 1.51. The van der Waals surface area contributed by atoms with Gasteiger partial charge in [-0.25, -0.2) is 4.79 Å². The van der Waals surface area contributed by atoms with Crippen molar-refractivity contribution in [2.24, 2.45) is 4.99 Å². The van der Waals surface area contributed by atoms with Gasteiger partial charge in [0.25, 0.3) is 0 Å². The zero-order chi connectivity index (χ0) is 10.8. The van der Waals surface area contributed by atoms with E-state index in [4.69, 9.17) is 0 Å². The summed E-state index contributed by atoms with van der Waals surface area (Å²) in [6, 6.07) is 6.20. The lowest BCUT2D eigenvalue weighted by molar-refractivity contribution is 0.522. The van der Waals surface area contributed by atoms with Crippen LogP contribution in [0.25, 0.3) is 0 Å². The van der Waals surface area contributed by atoms with Crippen LogP contribution in [-0.2, 0) is 10.3 Å². The summed E-state index contributed by atoms with van der Waals surface area (Å²) in [6.45, 7) is 7.90. The molecular formula is C12H15NO. The Hall–Kier alpha value is -1.40. The molecule has 0 aliphatic heterocycles. The second-order valence-electron chi connectivity index (χ2n) is 4.14. The Bertz CT molecular complexity index is 367. The molecule has 0 N–H and O–H groups in total. The molecule has 0 heterocycles. The number of aryl methyl sites for hydroxylation is 2. The number of rotatable bonds is 2. The average Bonchev–Trinajstić information content (AvgIpc) is 2.02. The van der Waals surface area contributed by atoms with Gasteiger partial charge in [0.15, 0.2) is 0 Å². The van der Waals surface area contributed by atoms with Crippen LogP contribution in [-0.4, -0.2) is 6.08 Å². The van der Waals surface area contributed by atoms with E-state index in [0.717, 1.165) is 5.56 Å². The number of hydrogen-bond donors (Lipinski definition) is 0. The lowest BCUT2D eigenvalue weighted by Crippen LogP contribution is -2.13. The van der Waals surface area contributed by atoms with Gasteiger partial charge in [0.2, 0.25) is 6.08 Å². The fraction of sp³-hybridized carbons (Fsp3) is 0.417. The molecule has 14 heavy (non-hydrogen) atoms. The van der Waals surface area contributed by atoms with E-state index in [1.54, 1.807) is 6.08 Å². The van der Waals surface area contributed by atoms with E-state index in [1.165, 1.54) is 11.1 Å². The van der Waals surface area contributed by atoms with Crippen LogP contribution in [0.5, 0.6) is 0 Å². The van der Waals surface area contributed by atoms with Gasteiger partial charge in [0.05, 0.1) is 5.54 Å². The SMILES string of the molecule is Cc1cc(C)cc(C(C)(C)N=C=O)c1. The van der Waals surface area contributed by atoms with E-state index >= 15 is 0 Å². The van der Waals surface area contributed by atoms with E-state index in [-0.39, 0.29) is 0 Å². The van der Waals surface area contributed by atoms with E-state index < -0.39 is 5.54 Å². The summed E-state index contributed by atoms with van der Waals surface area (Å²) in [4.78, 5) is 14.1. The third-order valence-corrected chi connectivity index (χ3v) is 2.25. The topological polar surface area (TPSA) is 29.4 Å².